The van der Waals surface area contributed by atoms with Crippen molar-refractivity contribution in [3.05, 3.63) is 69.0 Å². The number of fused-ring (bicyclic) bond motifs is 1. The molecule has 25 heavy (non-hydrogen) atoms. The van der Waals surface area contributed by atoms with Crippen molar-refractivity contribution < 1.29 is 4.74 Å². The minimum Gasteiger partial charge on any atom is -0.440 e. The fourth-order valence-electron chi connectivity index (χ4n) is 3.21. The highest BCUT2D eigenvalue weighted by Crippen LogP contribution is 2.40. The first kappa shape index (κ1) is 17.2. The molecule has 0 fully saturated rings. The lowest BCUT2D eigenvalue weighted by molar-refractivity contribution is 0.388. The summed E-state index contributed by atoms with van der Waals surface area (Å²) in [5.74, 6) is -0.0276. The quantitative estimate of drug-likeness (QED) is 0.858. The zero-order chi connectivity index (χ0) is 18.1. The second-order valence-electron chi connectivity index (χ2n) is 5.81. The van der Waals surface area contributed by atoms with Crippen LogP contribution in [0.5, 0.6) is 5.75 Å². The smallest absolute Gasteiger partial charge is 0.258 e. The molecule has 1 aliphatic heterocycles. The van der Waals surface area contributed by atoms with Crippen molar-refractivity contribution >= 4 is 11.8 Å². The number of ether oxygens (including phenoxy) is 1. The number of aromatic nitrogens is 1. The predicted molar refractivity (Wildman–Crippen MR) is 98.6 cm³/mol. The monoisotopic (exact) mass is 353 g/mol. The average Bonchev–Trinajstić information content (AvgIpc) is 2.61. The lowest BCUT2D eigenvalue weighted by Crippen LogP contribution is -2.32. The summed E-state index contributed by atoms with van der Waals surface area (Å²) in [5.41, 5.74) is 8.23. The third kappa shape index (κ3) is 2.81. The van der Waals surface area contributed by atoms with E-state index in [0.29, 0.717) is 17.9 Å². The van der Waals surface area contributed by atoms with Gasteiger partial charge in [0.25, 0.3) is 5.56 Å². The van der Waals surface area contributed by atoms with Gasteiger partial charge in [-0.05, 0) is 37.8 Å². The molecule has 2 N–H and O–H groups in total. The number of benzene rings is 1. The van der Waals surface area contributed by atoms with Gasteiger partial charge < -0.3 is 15.0 Å². The van der Waals surface area contributed by atoms with E-state index in [1.807, 2.05) is 50.4 Å². The topological polar surface area (TPSA) is 81.0 Å². The summed E-state index contributed by atoms with van der Waals surface area (Å²) >= 11 is 1.64. The van der Waals surface area contributed by atoms with Crippen LogP contribution >= 0.6 is 11.8 Å². The van der Waals surface area contributed by atoms with Gasteiger partial charge in [-0.2, -0.15) is 5.26 Å². The van der Waals surface area contributed by atoms with Crippen LogP contribution in [-0.4, -0.2) is 10.8 Å². The molecule has 0 saturated heterocycles. The third-order valence-electron chi connectivity index (χ3n) is 4.46. The van der Waals surface area contributed by atoms with E-state index in [9.17, 15) is 10.1 Å². The molecule has 0 aliphatic carbocycles. The summed E-state index contributed by atoms with van der Waals surface area (Å²) in [7, 11) is 0. The van der Waals surface area contributed by atoms with Crippen LogP contribution in [0.2, 0.25) is 0 Å². The number of pyridine rings is 1. The van der Waals surface area contributed by atoms with E-state index in [1.54, 1.807) is 16.3 Å². The molecule has 0 bridgehead atoms. The Labute approximate surface area is 150 Å². The normalized spacial score (nSPS) is 16.2. The Hall–Kier alpha value is -2.65. The summed E-state index contributed by atoms with van der Waals surface area (Å²) in [6.45, 7) is 4.33. The summed E-state index contributed by atoms with van der Waals surface area (Å²) in [5, 5.41) is 9.61. The third-order valence-corrected chi connectivity index (χ3v) is 5.20. The van der Waals surface area contributed by atoms with E-state index < -0.39 is 5.92 Å². The first-order chi connectivity index (χ1) is 12.0. The highest BCUT2D eigenvalue weighted by molar-refractivity contribution is 7.98. The molecule has 1 atom stereocenters. The highest BCUT2D eigenvalue weighted by Gasteiger charge is 2.34. The van der Waals surface area contributed by atoms with Gasteiger partial charge in [-0.15, -0.1) is 11.8 Å². The van der Waals surface area contributed by atoms with Gasteiger partial charge in [0.05, 0.1) is 11.5 Å². The van der Waals surface area contributed by atoms with Crippen molar-refractivity contribution in [2.45, 2.75) is 31.2 Å². The maximum absolute atomic E-state index is 13.0. The molecule has 1 aromatic heterocycles. The van der Waals surface area contributed by atoms with Crippen molar-refractivity contribution in [2.24, 2.45) is 5.73 Å². The highest BCUT2D eigenvalue weighted by atomic mass is 32.2. The van der Waals surface area contributed by atoms with Gasteiger partial charge in [0.15, 0.2) is 0 Å². The molecule has 2 aromatic rings. The number of aryl methyl sites for hydroxylation is 1. The van der Waals surface area contributed by atoms with Crippen LogP contribution < -0.4 is 16.0 Å². The molecule has 1 aliphatic rings. The Balaban J connectivity index is 2.29. The van der Waals surface area contributed by atoms with Gasteiger partial charge >= 0.3 is 0 Å². The number of rotatable bonds is 3. The Morgan fingerprint density at radius 1 is 1.36 bits per heavy atom. The lowest BCUT2D eigenvalue weighted by Gasteiger charge is -2.27. The predicted octanol–water partition coefficient (Wildman–Crippen LogP) is 3.12. The van der Waals surface area contributed by atoms with Crippen molar-refractivity contribution in [3.8, 4) is 11.8 Å². The maximum atomic E-state index is 13.0. The zero-order valence-electron chi connectivity index (χ0n) is 14.4. The number of hydrogen-bond acceptors (Lipinski definition) is 5. The number of allylic oxidation sites excluding steroid dienone is 1. The molecule has 128 valence electrons. The van der Waals surface area contributed by atoms with Gasteiger partial charge in [-0.25, -0.2) is 0 Å². The first-order valence-corrected chi connectivity index (χ1v) is 9.20. The van der Waals surface area contributed by atoms with E-state index in [0.717, 1.165) is 16.2 Å². The standard InChI is InChI=1S/C19H19N3O2S/c1-4-22-11(2)9-15-17(19(22)23)16(14(10-20)18(21)24-15)12-5-7-13(25-3)8-6-12/h5-9,16H,4,21H2,1-3H3/t16-/m0/s1. The van der Waals surface area contributed by atoms with Crippen LogP contribution in [0.1, 0.15) is 29.7 Å². The number of thioether (sulfide) groups is 1. The number of nitriles is 1. The molecule has 6 heteroatoms. The van der Waals surface area contributed by atoms with E-state index in [4.69, 9.17) is 10.5 Å². The van der Waals surface area contributed by atoms with Crippen LogP contribution in [0.3, 0.4) is 0 Å². The van der Waals surface area contributed by atoms with E-state index in [1.165, 1.54) is 0 Å². The zero-order valence-corrected chi connectivity index (χ0v) is 15.2. The van der Waals surface area contributed by atoms with Crippen LogP contribution in [0.25, 0.3) is 0 Å². The van der Waals surface area contributed by atoms with Crippen molar-refractivity contribution in [3.63, 3.8) is 0 Å². The molecule has 5 nitrogen and oxygen atoms in total. The maximum Gasteiger partial charge on any atom is 0.258 e. The summed E-state index contributed by atoms with van der Waals surface area (Å²) in [6.07, 6.45) is 2.00. The van der Waals surface area contributed by atoms with Crippen LogP contribution in [0.15, 0.2) is 51.5 Å². The first-order valence-electron chi connectivity index (χ1n) is 7.97. The summed E-state index contributed by atoms with van der Waals surface area (Å²) in [6, 6.07) is 11.8. The second kappa shape index (κ2) is 6.69. The van der Waals surface area contributed by atoms with Crippen molar-refractivity contribution in [1.29, 1.82) is 5.26 Å². The van der Waals surface area contributed by atoms with Crippen LogP contribution in [0.4, 0.5) is 0 Å². The minimum absolute atomic E-state index is 0.0574. The molecule has 0 saturated carbocycles. The molecule has 0 amide bonds. The Morgan fingerprint density at radius 2 is 2.04 bits per heavy atom. The van der Waals surface area contributed by atoms with Gasteiger partial charge in [0.2, 0.25) is 5.88 Å². The van der Waals surface area contributed by atoms with Crippen LogP contribution in [-0.2, 0) is 6.54 Å². The molecule has 0 unspecified atom stereocenters. The van der Waals surface area contributed by atoms with E-state index >= 15 is 0 Å². The average molecular weight is 353 g/mol. The number of hydrogen-bond donors (Lipinski definition) is 1. The fraction of sp³-hybridized carbons (Fsp3) is 0.263. The van der Waals surface area contributed by atoms with Crippen molar-refractivity contribution in [2.75, 3.05) is 6.26 Å². The van der Waals surface area contributed by atoms with Crippen molar-refractivity contribution in [1.82, 2.24) is 4.57 Å². The molecule has 2 heterocycles. The summed E-state index contributed by atoms with van der Waals surface area (Å²) in [4.78, 5) is 14.2. The SMILES string of the molecule is CCn1c(C)cc2c(c1=O)[C@@H](c1ccc(SC)cc1)C(C#N)=C(N)O2. The van der Waals surface area contributed by atoms with Crippen LogP contribution in [0, 0.1) is 18.3 Å². The van der Waals surface area contributed by atoms with Gasteiger partial charge in [-0.3, -0.25) is 4.79 Å². The molecular formula is C19H19N3O2S. The Morgan fingerprint density at radius 3 is 2.60 bits per heavy atom. The van der Waals surface area contributed by atoms with Gasteiger partial charge in [0, 0.05) is 23.2 Å². The fourth-order valence-corrected chi connectivity index (χ4v) is 3.62. The van der Waals surface area contributed by atoms with Gasteiger partial charge in [-0.1, -0.05) is 12.1 Å². The molecule has 0 radical (unpaired) electrons. The largest absolute Gasteiger partial charge is 0.440 e. The second-order valence-corrected chi connectivity index (χ2v) is 6.69. The summed E-state index contributed by atoms with van der Waals surface area (Å²) < 4.78 is 7.29. The number of nitrogens with zero attached hydrogens (tertiary/aromatic N) is 2. The van der Waals surface area contributed by atoms with Gasteiger partial charge in [0.1, 0.15) is 17.4 Å². The Bertz CT molecular complexity index is 952. The van der Waals surface area contributed by atoms with E-state index in [-0.39, 0.29) is 17.0 Å². The molecule has 0 spiro atoms. The minimum atomic E-state index is -0.518. The molecule has 3 rings (SSSR count). The molecule has 1 aromatic carbocycles. The van der Waals surface area contributed by atoms with E-state index in [2.05, 4.69) is 6.07 Å². The molecular weight excluding hydrogens is 334 g/mol. The Kier molecular flexibility index (Phi) is 4.60. The lowest BCUT2D eigenvalue weighted by atomic mass is 9.84. The number of nitrogens with two attached hydrogens (primary N) is 1.